The maximum absolute atomic E-state index is 12.3. The first kappa shape index (κ1) is 31.2. The number of hydrogen-bond acceptors (Lipinski definition) is 8. The molecule has 0 aliphatic heterocycles. The molecule has 0 aromatic heterocycles. The second-order valence-corrected chi connectivity index (χ2v) is 9.56. The Morgan fingerprint density at radius 2 is 1.61 bits per heavy atom. The number of carbonyl (C=O) groups is 3. The van der Waals surface area contributed by atoms with Gasteiger partial charge < -0.3 is 29.6 Å². The molecule has 0 saturated carbocycles. The Morgan fingerprint density at radius 1 is 0.902 bits per heavy atom. The average Bonchev–Trinajstić information content (AvgIpc) is 2.97. The van der Waals surface area contributed by atoms with Crippen LogP contribution in [0.1, 0.15) is 11.1 Å². The topological polar surface area (TPSA) is 137 Å². The summed E-state index contributed by atoms with van der Waals surface area (Å²) in [6, 6.07) is 15.3. The highest BCUT2D eigenvalue weighted by Crippen LogP contribution is 2.36. The maximum Gasteiger partial charge on any atom is 0.329 e. The highest BCUT2D eigenvalue weighted by atomic mass is 79.9. The SMILES string of the molecule is COc1ccc(CCNC(=O)C(=O)N/N=C\c2cc(Br)c(OCC(=O)Nc3ccc(Cl)cc3)c(OC)c2)cc1OC. The van der Waals surface area contributed by atoms with E-state index < -0.39 is 11.8 Å². The lowest BCUT2D eigenvalue weighted by Gasteiger charge is -2.13. The lowest BCUT2D eigenvalue weighted by atomic mass is 10.1. The van der Waals surface area contributed by atoms with Crippen molar-refractivity contribution < 1.29 is 33.3 Å². The molecule has 0 saturated heterocycles. The van der Waals surface area contributed by atoms with Gasteiger partial charge in [0.05, 0.1) is 32.0 Å². The molecule has 0 fully saturated rings. The van der Waals surface area contributed by atoms with E-state index in [-0.39, 0.29) is 19.1 Å². The third-order valence-electron chi connectivity index (χ3n) is 5.46. The molecule has 3 rings (SSSR count). The van der Waals surface area contributed by atoms with Gasteiger partial charge in [0, 0.05) is 17.3 Å². The summed E-state index contributed by atoms with van der Waals surface area (Å²) in [6.45, 7) is -0.0447. The normalized spacial score (nSPS) is 10.6. The summed E-state index contributed by atoms with van der Waals surface area (Å²) >= 11 is 9.25. The predicted molar refractivity (Wildman–Crippen MR) is 158 cm³/mol. The van der Waals surface area contributed by atoms with Crippen LogP contribution < -0.4 is 35.0 Å². The number of hydrazone groups is 1. The number of hydrogen-bond donors (Lipinski definition) is 3. The fourth-order valence-corrected chi connectivity index (χ4v) is 4.18. The summed E-state index contributed by atoms with van der Waals surface area (Å²) in [7, 11) is 4.53. The Kier molecular flexibility index (Phi) is 11.8. The van der Waals surface area contributed by atoms with Crippen LogP contribution in [0, 0.1) is 0 Å². The highest BCUT2D eigenvalue weighted by Gasteiger charge is 2.15. The van der Waals surface area contributed by atoms with Crippen LogP contribution in [-0.4, -0.2) is 58.4 Å². The van der Waals surface area contributed by atoms with Crippen LogP contribution in [0.15, 0.2) is 64.2 Å². The second kappa shape index (κ2) is 15.5. The van der Waals surface area contributed by atoms with E-state index in [9.17, 15) is 14.4 Å². The Balaban J connectivity index is 1.49. The molecule has 0 radical (unpaired) electrons. The molecule has 3 aromatic rings. The molecular formula is C28H28BrClN4O7. The first-order valence-electron chi connectivity index (χ1n) is 12.1. The van der Waals surface area contributed by atoms with Gasteiger partial charge in [-0.25, -0.2) is 5.43 Å². The van der Waals surface area contributed by atoms with E-state index in [0.717, 1.165) is 5.56 Å². The fourth-order valence-electron chi connectivity index (χ4n) is 3.48. The maximum atomic E-state index is 12.3. The van der Waals surface area contributed by atoms with Crippen LogP contribution in [0.25, 0.3) is 0 Å². The molecule has 3 aromatic carbocycles. The number of methoxy groups -OCH3 is 3. The number of ether oxygens (including phenoxy) is 4. The van der Waals surface area contributed by atoms with Crippen molar-refractivity contribution in [2.75, 3.05) is 39.8 Å². The van der Waals surface area contributed by atoms with Crippen molar-refractivity contribution in [2.24, 2.45) is 5.10 Å². The van der Waals surface area contributed by atoms with E-state index in [0.29, 0.717) is 50.2 Å². The van der Waals surface area contributed by atoms with Gasteiger partial charge in [-0.15, -0.1) is 0 Å². The first-order chi connectivity index (χ1) is 19.7. The zero-order valence-corrected chi connectivity index (χ0v) is 24.8. The molecule has 11 nitrogen and oxygen atoms in total. The van der Waals surface area contributed by atoms with Crippen LogP contribution in [0.4, 0.5) is 5.69 Å². The van der Waals surface area contributed by atoms with Crippen LogP contribution in [0.3, 0.4) is 0 Å². The lowest BCUT2D eigenvalue weighted by Crippen LogP contribution is -2.38. The number of nitrogens with zero attached hydrogens (tertiary/aromatic N) is 1. The number of halogens is 2. The van der Waals surface area contributed by atoms with Crippen molar-refractivity contribution >= 4 is 57.2 Å². The summed E-state index contributed by atoms with van der Waals surface area (Å²) in [4.78, 5) is 36.5. The van der Waals surface area contributed by atoms with Gasteiger partial charge >= 0.3 is 11.8 Å². The van der Waals surface area contributed by atoms with Crippen LogP contribution >= 0.6 is 27.5 Å². The average molecular weight is 648 g/mol. The van der Waals surface area contributed by atoms with Crippen LogP contribution in [-0.2, 0) is 20.8 Å². The number of benzene rings is 3. The molecule has 216 valence electrons. The van der Waals surface area contributed by atoms with E-state index in [1.165, 1.54) is 20.4 Å². The lowest BCUT2D eigenvalue weighted by molar-refractivity contribution is -0.139. The predicted octanol–water partition coefficient (Wildman–Crippen LogP) is 3.95. The number of carbonyl (C=O) groups excluding carboxylic acids is 3. The number of amides is 3. The molecule has 0 aliphatic rings. The molecule has 0 spiro atoms. The van der Waals surface area contributed by atoms with Crippen molar-refractivity contribution in [2.45, 2.75) is 6.42 Å². The smallest absolute Gasteiger partial charge is 0.329 e. The van der Waals surface area contributed by atoms with Crippen LogP contribution in [0.2, 0.25) is 5.02 Å². The van der Waals surface area contributed by atoms with Crippen molar-refractivity contribution in [3.05, 3.63) is 75.2 Å². The second-order valence-electron chi connectivity index (χ2n) is 8.27. The van der Waals surface area contributed by atoms with Crippen molar-refractivity contribution in [3.8, 4) is 23.0 Å². The van der Waals surface area contributed by atoms with Crippen molar-refractivity contribution in [1.29, 1.82) is 0 Å². The highest BCUT2D eigenvalue weighted by molar-refractivity contribution is 9.10. The molecule has 0 unspecified atom stereocenters. The third-order valence-corrected chi connectivity index (χ3v) is 6.30. The van der Waals surface area contributed by atoms with Gasteiger partial charge in [-0.05, 0) is 82.0 Å². The summed E-state index contributed by atoms with van der Waals surface area (Å²) in [5.74, 6) is -0.342. The summed E-state index contributed by atoms with van der Waals surface area (Å²) in [5, 5.41) is 9.64. The summed E-state index contributed by atoms with van der Waals surface area (Å²) in [5.41, 5.74) is 4.19. The van der Waals surface area contributed by atoms with Gasteiger partial charge in [-0.2, -0.15) is 5.10 Å². The number of nitrogens with one attached hydrogen (secondary N) is 3. The number of anilines is 1. The first-order valence-corrected chi connectivity index (χ1v) is 13.3. The Bertz CT molecular complexity index is 1420. The minimum atomic E-state index is -0.925. The van der Waals surface area contributed by atoms with Gasteiger partial charge in [0.25, 0.3) is 5.91 Å². The van der Waals surface area contributed by atoms with Crippen LogP contribution in [0.5, 0.6) is 23.0 Å². The molecule has 13 heteroatoms. The van der Waals surface area contributed by atoms with E-state index in [4.69, 9.17) is 30.5 Å². The van der Waals surface area contributed by atoms with Gasteiger partial charge in [-0.1, -0.05) is 17.7 Å². The molecule has 3 amide bonds. The largest absolute Gasteiger partial charge is 0.493 e. The number of rotatable bonds is 12. The van der Waals surface area contributed by atoms with Gasteiger partial charge in [0.15, 0.2) is 29.6 Å². The molecule has 3 N–H and O–H groups in total. The quantitative estimate of drug-likeness (QED) is 0.154. The van der Waals surface area contributed by atoms with E-state index in [2.05, 4.69) is 37.1 Å². The molecular weight excluding hydrogens is 620 g/mol. The fraction of sp³-hybridized carbons (Fsp3) is 0.214. The minimum Gasteiger partial charge on any atom is -0.493 e. The monoisotopic (exact) mass is 646 g/mol. The Labute approximate surface area is 250 Å². The van der Waals surface area contributed by atoms with Crippen molar-refractivity contribution in [3.63, 3.8) is 0 Å². The molecule has 0 heterocycles. The molecule has 0 bridgehead atoms. The van der Waals surface area contributed by atoms with Gasteiger partial charge in [0.2, 0.25) is 0 Å². The van der Waals surface area contributed by atoms with Gasteiger partial charge in [0.1, 0.15) is 0 Å². The summed E-state index contributed by atoms with van der Waals surface area (Å²) in [6.07, 6.45) is 1.81. The zero-order chi connectivity index (χ0) is 29.8. The van der Waals surface area contributed by atoms with E-state index in [1.54, 1.807) is 55.6 Å². The van der Waals surface area contributed by atoms with E-state index >= 15 is 0 Å². The Morgan fingerprint density at radius 3 is 2.29 bits per heavy atom. The van der Waals surface area contributed by atoms with E-state index in [1.807, 2.05) is 6.07 Å². The van der Waals surface area contributed by atoms with Crippen molar-refractivity contribution in [1.82, 2.24) is 10.7 Å². The Hall–Kier alpha value is -4.29. The van der Waals surface area contributed by atoms with Gasteiger partial charge in [-0.3, -0.25) is 14.4 Å². The molecule has 41 heavy (non-hydrogen) atoms. The zero-order valence-electron chi connectivity index (χ0n) is 22.5. The third kappa shape index (κ3) is 9.40. The minimum absolute atomic E-state index is 0.231. The summed E-state index contributed by atoms with van der Waals surface area (Å²) < 4.78 is 22.0. The standard InChI is InChI=1S/C28H28BrClN4O7/c1-38-22-9-4-17(13-23(22)39-2)10-11-31-27(36)28(37)34-32-15-18-12-21(29)26(24(14-18)40-3)41-16-25(35)33-20-7-5-19(30)6-8-20/h4-9,12-15H,10-11,16H2,1-3H3,(H,31,36)(H,33,35)(H,34,37)/b32-15-. The molecule has 0 atom stereocenters. The molecule has 0 aliphatic carbocycles.